The number of aromatic hydroxyl groups is 1. The Labute approximate surface area is 273 Å². The van der Waals surface area contributed by atoms with Crippen LogP contribution in [0, 0.1) is 29.6 Å². The molecule has 9 heteroatoms. The lowest BCUT2D eigenvalue weighted by atomic mass is 9.57. The third-order valence-electron chi connectivity index (χ3n) is 10.7. The molecule has 3 aromatic carbocycles. The number of aryl methyl sites for hydroxylation is 2. The number of allylic oxidation sites excluding steroid dienone is 2. The van der Waals surface area contributed by atoms with E-state index in [1.54, 1.807) is 12.1 Å². The van der Waals surface area contributed by atoms with Crippen molar-refractivity contribution in [2.45, 2.75) is 45.4 Å². The molecule has 4 aliphatic rings. The van der Waals surface area contributed by atoms with Crippen LogP contribution < -0.4 is 19.3 Å². The first-order valence-corrected chi connectivity index (χ1v) is 16.3. The van der Waals surface area contributed by atoms with Gasteiger partial charge < -0.3 is 14.6 Å². The number of amides is 4. The van der Waals surface area contributed by atoms with E-state index >= 15 is 0 Å². The number of benzene rings is 3. The van der Waals surface area contributed by atoms with E-state index in [-0.39, 0.29) is 35.8 Å². The number of hydrogen-bond acceptors (Lipinski definition) is 7. The van der Waals surface area contributed by atoms with Crippen molar-refractivity contribution in [2.75, 3.05) is 24.0 Å². The molecule has 0 bridgehead atoms. The van der Waals surface area contributed by atoms with Crippen LogP contribution >= 0.6 is 0 Å². The smallest absolute Gasteiger partial charge is 0.238 e. The van der Waals surface area contributed by atoms with Gasteiger partial charge in [0.15, 0.2) is 0 Å². The number of hydrogen-bond donors (Lipinski definition) is 1. The van der Waals surface area contributed by atoms with Crippen LogP contribution in [0.1, 0.15) is 49.3 Å². The molecular formula is C38H38N2O7. The summed E-state index contributed by atoms with van der Waals surface area (Å²) in [5, 5.41) is 10.5. The van der Waals surface area contributed by atoms with Crippen molar-refractivity contribution in [2.24, 2.45) is 29.6 Å². The second-order valence-electron chi connectivity index (χ2n) is 12.9. The Bertz CT molecular complexity index is 1790. The summed E-state index contributed by atoms with van der Waals surface area (Å²) >= 11 is 0. The molecule has 7 rings (SSSR count). The number of nitrogens with zero attached hydrogens (tertiary/aromatic N) is 2. The third-order valence-corrected chi connectivity index (χ3v) is 10.7. The van der Waals surface area contributed by atoms with E-state index in [0.717, 1.165) is 29.5 Å². The maximum absolute atomic E-state index is 14.5. The second-order valence-corrected chi connectivity index (χ2v) is 12.9. The summed E-state index contributed by atoms with van der Waals surface area (Å²) in [7, 11) is 2.95. The Morgan fingerprint density at radius 3 is 1.66 bits per heavy atom. The lowest BCUT2D eigenvalue weighted by Crippen LogP contribution is -2.43. The molecule has 1 saturated carbocycles. The largest absolute Gasteiger partial charge is 0.508 e. The zero-order valence-electron chi connectivity index (χ0n) is 26.9. The monoisotopic (exact) mass is 634 g/mol. The Balaban J connectivity index is 1.36. The molecule has 2 saturated heterocycles. The van der Waals surface area contributed by atoms with E-state index in [2.05, 4.69) is 0 Å². The van der Waals surface area contributed by atoms with Gasteiger partial charge in [-0.25, -0.2) is 0 Å². The molecule has 9 nitrogen and oxygen atoms in total. The van der Waals surface area contributed by atoms with Gasteiger partial charge in [-0.1, -0.05) is 49.8 Å². The lowest BCUT2D eigenvalue weighted by Gasteiger charge is -2.44. The number of ether oxygens (including phenoxy) is 2. The molecule has 2 aliphatic heterocycles. The number of rotatable bonds is 7. The van der Waals surface area contributed by atoms with Crippen LogP contribution in [-0.2, 0) is 32.0 Å². The van der Waals surface area contributed by atoms with E-state index < -0.39 is 35.5 Å². The van der Waals surface area contributed by atoms with Gasteiger partial charge in [0, 0.05) is 23.6 Å². The fourth-order valence-corrected chi connectivity index (χ4v) is 8.41. The Morgan fingerprint density at radius 2 is 1.17 bits per heavy atom. The fraction of sp³-hybridized carbons (Fsp3) is 0.368. The van der Waals surface area contributed by atoms with E-state index in [0.29, 0.717) is 34.9 Å². The summed E-state index contributed by atoms with van der Waals surface area (Å²) in [5.74, 6) is -4.62. The van der Waals surface area contributed by atoms with Crippen LogP contribution in [0.5, 0.6) is 17.2 Å². The van der Waals surface area contributed by atoms with Gasteiger partial charge in [-0.15, -0.1) is 0 Å². The number of phenolic OH excluding ortho intramolecular Hbond substituents is 1. The number of carbonyl (C=O) groups is 4. The van der Waals surface area contributed by atoms with Crippen LogP contribution in [0.15, 0.2) is 72.3 Å². The lowest BCUT2D eigenvalue weighted by molar-refractivity contribution is -0.126. The molecule has 242 valence electrons. The van der Waals surface area contributed by atoms with Gasteiger partial charge in [-0.2, -0.15) is 0 Å². The van der Waals surface area contributed by atoms with Gasteiger partial charge >= 0.3 is 0 Å². The molecule has 0 unspecified atom stereocenters. The van der Waals surface area contributed by atoms with E-state index in [9.17, 15) is 24.3 Å². The Kier molecular flexibility index (Phi) is 7.65. The van der Waals surface area contributed by atoms with Crippen molar-refractivity contribution in [3.8, 4) is 17.2 Å². The standard InChI is InChI=1S/C38H38N2O7/c1-5-20-7-11-22(12-8-20)39-35(42)26-16-15-25-27(31(26)37(39)44)19-28-33(32(25)34-29(46-3)17-24(41)18-30(34)47-4)38(45)40(36(28)43)23-13-9-21(6-2)10-14-23/h7-15,17-18,26-28,31-33,41H,5-6,16,19H2,1-4H3/t26-,27+,28+,31-,32-,33+/m0/s1. The highest BCUT2D eigenvalue weighted by Gasteiger charge is 2.63. The molecule has 3 aromatic rings. The number of fused-ring (bicyclic) bond motifs is 4. The normalized spacial score (nSPS) is 26.6. The predicted octanol–water partition coefficient (Wildman–Crippen LogP) is 5.58. The van der Waals surface area contributed by atoms with Gasteiger partial charge in [0.25, 0.3) is 0 Å². The molecule has 6 atom stereocenters. The maximum Gasteiger partial charge on any atom is 0.238 e. The van der Waals surface area contributed by atoms with Crippen LogP contribution in [0.3, 0.4) is 0 Å². The SMILES string of the molecule is CCc1ccc(N2C(=O)[C@H]3[C@H](CC=C4[C@H]3C[C@H]3C(=O)N(c5ccc(CC)cc5)C(=O)[C@H]3[C@H]4c3c(OC)cc(O)cc3OC)C2=O)cc1. The van der Waals surface area contributed by atoms with Gasteiger partial charge in [0.1, 0.15) is 17.2 Å². The maximum atomic E-state index is 14.5. The zero-order chi connectivity index (χ0) is 33.1. The summed E-state index contributed by atoms with van der Waals surface area (Å²) in [6.45, 7) is 4.09. The summed E-state index contributed by atoms with van der Waals surface area (Å²) < 4.78 is 11.5. The predicted molar refractivity (Wildman–Crippen MR) is 175 cm³/mol. The number of anilines is 2. The van der Waals surface area contributed by atoms with Crippen LogP contribution in [0.25, 0.3) is 0 Å². The zero-order valence-corrected chi connectivity index (χ0v) is 26.9. The van der Waals surface area contributed by atoms with Crippen molar-refractivity contribution >= 4 is 35.0 Å². The molecule has 3 fully saturated rings. The summed E-state index contributed by atoms with van der Waals surface area (Å²) in [5.41, 5.74) is 4.58. The Hall–Kier alpha value is -4.92. The topological polar surface area (TPSA) is 113 Å². The summed E-state index contributed by atoms with van der Waals surface area (Å²) in [4.78, 5) is 59.6. The first-order valence-electron chi connectivity index (χ1n) is 16.3. The van der Waals surface area contributed by atoms with Crippen molar-refractivity contribution in [1.82, 2.24) is 0 Å². The fourth-order valence-electron chi connectivity index (χ4n) is 8.41. The highest BCUT2D eigenvalue weighted by atomic mass is 16.5. The molecule has 1 N–H and O–H groups in total. The van der Waals surface area contributed by atoms with Crippen molar-refractivity contribution in [3.05, 3.63) is 89.0 Å². The molecule has 0 radical (unpaired) electrons. The van der Waals surface area contributed by atoms with Gasteiger partial charge in [-0.05, 0) is 67.0 Å². The molecule has 4 amide bonds. The average Bonchev–Trinajstić information content (AvgIpc) is 3.50. The van der Waals surface area contributed by atoms with Crippen molar-refractivity contribution < 1.29 is 33.8 Å². The molecular weight excluding hydrogens is 596 g/mol. The average molecular weight is 635 g/mol. The van der Waals surface area contributed by atoms with Gasteiger partial charge in [-0.3, -0.25) is 29.0 Å². The molecule has 0 spiro atoms. The number of methoxy groups -OCH3 is 2. The minimum Gasteiger partial charge on any atom is -0.508 e. The highest BCUT2D eigenvalue weighted by Crippen LogP contribution is 2.61. The molecule has 2 heterocycles. The number of phenols is 1. The third kappa shape index (κ3) is 4.66. The van der Waals surface area contributed by atoms with E-state index in [1.165, 1.54) is 36.2 Å². The quantitative estimate of drug-likeness (QED) is 0.267. The van der Waals surface area contributed by atoms with Gasteiger partial charge in [0.05, 0.1) is 49.3 Å². The first-order chi connectivity index (χ1) is 22.7. The molecule has 0 aromatic heterocycles. The Morgan fingerprint density at radius 1 is 0.681 bits per heavy atom. The minimum absolute atomic E-state index is 0.0724. The number of imide groups is 2. The van der Waals surface area contributed by atoms with Gasteiger partial charge in [0.2, 0.25) is 23.6 Å². The van der Waals surface area contributed by atoms with Crippen LogP contribution in [0.2, 0.25) is 0 Å². The van der Waals surface area contributed by atoms with E-state index in [4.69, 9.17) is 9.47 Å². The molecule has 47 heavy (non-hydrogen) atoms. The second kappa shape index (κ2) is 11.7. The van der Waals surface area contributed by atoms with Crippen molar-refractivity contribution in [3.63, 3.8) is 0 Å². The number of carbonyl (C=O) groups excluding carboxylic acids is 4. The first kappa shape index (κ1) is 30.7. The van der Waals surface area contributed by atoms with E-state index in [1.807, 2.05) is 56.3 Å². The minimum atomic E-state index is -0.801. The van der Waals surface area contributed by atoms with Crippen LogP contribution in [-0.4, -0.2) is 43.0 Å². The molecule has 2 aliphatic carbocycles. The van der Waals surface area contributed by atoms with Crippen LogP contribution in [0.4, 0.5) is 11.4 Å². The highest BCUT2D eigenvalue weighted by molar-refractivity contribution is 6.24. The van der Waals surface area contributed by atoms with Crippen molar-refractivity contribution in [1.29, 1.82) is 0 Å². The summed E-state index contributed by atoms with van der Waals surface area (Å²) in [6, 6.07) is 17.8. The summed E-state index contributed by atoms with van der Waals surface area (Å²) in [6.07, 6.45) is 4.23.